The summed E-state index contributed by atoms with van der Waals surface area (Å²) < 4.78 is 24.6. The first-order chi connectivity index (χ1) is 15.8. The number of hydrogen-bond acceptors (Lipinski definition) is 7. The van der Waals surface area contributed by atoms with Crippen LogP contribution in [0.1, 0.15) is 54.7 Å². The van der Waals surface area contributed by atoms with Gasteiger partial charge in [0.2, 0.25) is 0 Å². The predicted molar refractivity (Wildman–Crippen MR) is 125 cm³/mol. The lowest BCUT2D eigenvalue weighted by atomic mass is 9.88. The zero-order valence-corrected chi connectivity index (χ0v) is 20.0. The molecule has 0 saturated carbocycles. The third-order valence-corrected chi connectivity index (χ3v) is 6.21. The zero-order chi connectivity index (χ0) is 23.8. The summed E-state index contributed by atoms with van der Waals surface area (Å²) in [5.41, 5.74) is 3.13. The van der Waals surface area contributed by atoms with E-state index in [2.05, 4.69) is 18.9 Å². The van der Waals surface area contributed by atoms with Gasteiger partial charge in [0.1, 0.15) is 5.75 Å². The van der Waals surface area contributed by atoms with Gasteiger partial charge in [-0.3, -0.25) is 19.3 Å². The molecule has 178 valence electrons. The average Bonchev–Trinajstić information content (AvgIpc) is 2.76. The van der Waals surface area contributed by atoms with E-state index in [-0.39, 0.29) is 28.4 Å². The summed E-state index contributed by atoms with van der Waals surface area (Å²) in [4.78, 5) is 25.0. The van der Waals surface area contributed by atoms with E-state index in [0.717, 1.165) is 34.6 Å². The van der Waals surface area contributed by atoms with Gasteiger partial charge < -0.3 is 18.9 Å². The molecule has 1 fully saturated rings. The SMILES string of the molecule is COCCCOc1cc2c(cc1COC)-c1cc(=O)c(C(C)=O)cn1N1[C@@H]2COCC1(C)C. The summed E-state index contributed by atoms with van der Waals surface area (Å²) in [6, 6.07) is 5.54. The quantitative estimate of drug-likeness (QED) is 0.446. The number of aromatic nitrogens is 1. The molecule has 1 atom stereocenters. The number of Topliss-reactive ketones (excluding diaryl/α,β-unsaturated/α-hetero) is 1. The summed E-state index contributed by atoms with van der Waals surface area (Å²) in [7, 11) is 3.32. The zero-order valence-electron chi connectivity index (χ0n) is 20.0. The molecule has 33 heavy (non-hydrogen) atoms. The number of carbonyl (C=O) groups excluding carboxylic acids is 1. The lowest BCUT2D eigenvalue weighted by molar-refractivity contribution is 0.0177. The number of rotatable bonds is 8. The first-order valence-corrected chi connectivity index (χ1v) is 11.2. The van der Waals surface area contributed by atoms with E-state index in [1.807, 2.05) is 16.8 Å². The monoisotopic (exact) mass is 456 g/mol. The summed E-state index contributed by atoms with van der Waals surface area (Å²) in [5, 5.41) is 2.21. The maximum atomic E-state index is 12.8. The topological polar surface area (TPSA) is 79.2 Å². The maximum Gasteiger partial charge on any atom is 0.193 e. The van der Waals surface area contributed by atoms with Crippen molar-refractivity contribution in [3.05, 3.63) is 51.3 Å². The fraction of sp³-hybridized carbons (Fsp3) is 0.520. The second kappa shape index (κ2) is 9.29. The highest BCUT2D eigenvalue weighted by Crippen LogP contribution is 2.44. The Bertz CT molecular complexity index is 1110. The normalized spacial score (nSPS) is 18.3. The van der Waals surface area contributed by atoms with Gasteiger partial charge in [0.15, 0.2) is 11.2 Å². The molecule has 2 aromatic rings. The van der Waals surface area contributed by atoms with E-state index in [1.165, 1.54) is 6.92 Å². The Balaban J connectivity index is 1.91. The van der Waals surface area contributed by atoms with Gasteiger partial charge in [0, 0.05) is 50.6 Å². The van der Waals surface area contributed by atoms with Crippen LogP contribution in [0.15, 0.2) is 29.2 Å². The smallest absolute Gasteiger partial charge is 0.193 e. The number of morpholine rings is 1. The Morgan fingerprint density at radius 3 is 2.67 bits per heavy atom. The number of nitrogens with zero attached hydrogens (tertiary/aromatic N) is 2. The van der Waals surface area contributed by atoms with Crippen LogP contribution in [0.2, 0.25) is 0 Å². The first-order valence-electron chi connectivity index (χ1n) is 11.2. The number of methoxy groups -OCH3 is 2. The van der Waals surface area contributed by atoms with Gasteiger partial charge in [-0.15, -0.1) is 0 Å². The molecule has 1 saturated heterocycles. The number of pyridine rings is 1. The van der Waals surface area contributed by atoms with Crippen molar-refractivity contribution in [2.45, 2.75) is 45.4 Å². The maximum absolute atomic E-state index is 12.8. The Hall–Kier alpha value is -2.68. The fourth-order valence-electron chi connectivity index (χ4n) is 4.74. The third-order valence-electron chi connectivity index (χ3n) is 6.21. The standard InChI is InChI=1S/C25H32N2O6/c1-16(28)20-12-26-21(11-23(20)29)18-9-17(13-31-5)24(33-8-6-7-30-4)10-19(18)22-14-32-15-25(2,3)27(22)26/h9-12,22H,6-8,13-15H2,1-5H3/t22-/m1/s1. The van der Waals surface area contributed by atoms with E-state index in [0.29, 0.717) is 33.0 Å². The van der Waals surface area contributed by atoms with Crippen LogP contribution < -0.4 is 15.2 Å². The molecule has 8 nitrogen and oxygen atoms in total. The number of carbonyl (C=O) groups is 1. The van der Waals surface area contributed by atoms with Crippen LogP contribution in [0, 0.1) is 0 Å². The molecular formula is C25H32N2O6. The molecule has 2 aliphatic rings. The first kappa shape index (κ1) is 23.5. The number of benzene rings is 1. The number of fused-ring (bicyclic) bond motifs is 6. The van der Waals surface area contributed by atoms with E-state index < -0.39 is 0 Å². The van der Waals surface area contributed by atoms with Crippen LogP contribution in [-0.4, -0.2) is 56.6 Å². The molecule has 3 heterocycles. The van der Waals surface area contributed by atoms with Crippen molar-refractivity contribution < 1.29 is 23.7 Å². The second-order valence-electron chi connectivity index (χ2n) is 9.20. The Morgan fingerprint density at radius 2 is 1.97 bits per heavy atom. The summed E-state index contributed by atoms with van der Waals surface area (Å²) in [6.07, 6.45) is 2.45. The van der Waals surface area contributed by atoms with Crippen LogP contribution in [0.4, 0.5) is 0 Å². The van der Waals surface area contributed by atoms with Crippen molar-refractivity contribution in [3.8, 4) is 17.0 Å². The number of ether oxygens (including phenoxy) is 4. The van der Waals surface area contributed by atoms with Gasteiger partial charge in [0.05, 0.1) is 49.3 Å². The largest absolute Gasteiger partial charge is 0.493 e. The van der Waals surface area contributed by atoms with Crippen molar-refractivity contribution in [2.75, 3.05) is 45.7 Å². The van der Waals surface area contributed by atoms with Crippen molar-refractivity contribution in [2.24, 2.45) is 0 Å². The van der Waals surface area contributed by atoms with Gasteiger partial charge in [-0.1, -0.05) is 0 Å². The summed E-state index contributed by atoms with van der Waals surface area (Å²) in [5.74, 6) is 0.509. The molecule has 0 N–H and O–H groups in total. The van der Waals surface area contributed by atoms with Crippen LogP contribution in [-0.2, 0) is 20.8 Å². The van der Waals surface area contributed by atoms with E-state index in [1.54, 1.807) is 26.5 Å². The molecule has 0 amide bonds. The Kier molecular flexibility index (Phi) is 6.61. The average molecular weight is 457 g/mol. The molecule has 0 aliphatic carbocycles. The minimum absolute atomic E-state index is 0.100. The molecule has 0 bridgehead atoms. The highest BCUT2D eigenvalue weighted by atomic mass is 16.5. The van der Waals surface area contributed by atoms with Crippen LogP contribution in [0.5, 0.6) is 5.75 Å². The Morgan fingerprint density at radius 1 is 1.18 bits per heavy atom. The van der Waals surface area contributed by atoms with E-state index in [9.17, 15) is 9.59 Å². The predicted octanol–water partition coefficient (Wildman–Crippen LogP) is 3.08. The van der Waals surface area contributed by atoms with E-state index >= 15 is 0 Å². The lowest BCUT2D eigenvalue weighted by Crippen LogP contribution is -2.61. The summed E-state index contributed by atoms with van der Waals surface area (Å²) in [6.45, 7) is 8.16. The van der Waals surface area contributed by atoms with Crippen LogP contribution >= 0.6 is 0 Å². The molecule has 0 radical (unpaired) electrons. The van der Waals surface area contributed by atoms with Crippen molar-refractivity contribution >= 4 is 5.78 Å². The van der Waals surface area contributed by atoms with Gasteiger partial charge in [-0.2, -0.15) is 0 Å². The van der Waals surface area contributed by atoms with Gasteiger partial charge in [-0.05, 0) is 38.5 Å². The molecule has 4 rings (SSSR count). The molecule has 0 spiro atoms. The molecular weight excluding hydrogens is 424 g/mol. The van der Waals surface area contributed by atoms with E-state index in [4.69, 9.17) is 18.9 Å². The summed E-state index contributed by atoms with van der Waals surface area (Å²) >= 11 is 0. The minimum atomic E-state index is -0.358. The van der Waals surface area contributed by atoms with Gasteiger partial charge in [0.25, 0.3) is 0 Å². The number of ketones is 1. The molecule has 8 heteroatoms. The molecule has 1 aromatic heterocycles. The second-order valence-corrected chi connectivity index (χ2v) is 9.20. The lowest BCUT2D eigenvalue weighted by Gasteiger charge is -2.53. The Labute approximate surface area is 194 Å². The van der Waals surface area contributed by atoms with Crippen molar-refractivity contribution in [1.82, 2.24) is 4.68 Å². The highest BCUT2D eigenvalue weighted by Gasteiger charge is 2.43. The molecule has 1 aromatic carbocycles. The van der Waals surface area contributed by atoms with Crippen molar-refractivity contribution in [3.63, 3.8) is 0 Å². The minimum Gasteiger partial charge on any atom is -0.493 e. The van der Waals surface area contributed by atoms with Crippen LogP contribution in [0.25, 0.3) is 11.3 Å². The van der Waals surface area contributed by atoms with Crippen molar-refractivity contribution in [1.29, 1.82) is 0 Å². The highest BCUT2D eigenvalue weighted by molar-refractivity contribution is 5.94. The fourth-order valence-corrected chi connectivity index (χ4v) is 4.74. The van der Waals surface area contributed by atoms with Crippen LogP contribution in [0.3, 0.4) is 0 Å². The van der Waals surface area contributed by atoms with Gasteiger partial charge in [-0.25, -0.2) is 0 Å². The number of hydrogen-bond donors (Lipinski definition) is 0. The third kappa shape index (κ3) is 4.30. The molecule has 0 unspecified atom stereocenters. The van der Waals surface area contributed by atoms with Gasteiger partial charge >= 0.3 is 0 Å². The molecule has 2 aliphatic heterocycles.